The van der Waals surface area contributed by atoms with Gasteiger partial charge in [-0.1, -0.05) is 23.9 Å². The summed E-state index contributed by atoms with van der Waals surface area (Å²) in [5, 5.41) is 14.4. The van der Waals surface area contributed by atoms with Gasteiger partial charge in [-0.15, -0.1) is 0 Å². The first-order chi connectivity index (χ1) is 10.9. The number of non-ortho nitro benzene ring substituents is 1. The Morgan fingerprint density at radius 1 is 1.43 bits per heavy atom. The monoisotopic (exact) mass is 332 g/mol. The summed E-state index contributed by atoms with van der Waals surface area (Å²) in [4.78, 5) is 27.5. The molecule has 0 unspecified atom stereocenters. The van der Waals surface area contributed by atoms with E-state index in [1.54, 1.807) is 16.8 Å². The zero-order valence-corrected chi connectivity index (χ0v) is 13.8. The quantitative estimate of drug-likeness (QED) is 0.687. The van der Waals surface area contributed by atoms with Gasteiger partial charge in [0.15, 0.2) is 5.82 Å². The first kappa shape index (κ1) is 15.5. The van der Waals surface area contributed by atoms with E-state index in [9.17, 15) is 14.9 Å². The molecule has 7 nitrogen and oxygen atoms in total. The van der Waals surface area contributed by atoms with Crippen LogP contribution in [0.15, 0.2) is 34.1 Å². The lowest BCUT2D eigenvalue weighted by molar-refractivity contribution is -0.384. The molecule has 23 heavy (non-hydrogen) atoms. The van der Waals surface area contributed by atoms with E-state index in [1.807, 2.05) is 20.8 Å². The Labute approximate surface area is 136 Å². The van der Waals surface area contributed by atoms with Gasteiger partial charge < -0.3 is 0 Å². The number of hydrogen-bond donors (Lipinski definition) is 1. The lowest BCUT2D eigenvalue weighted by Gasteiger charge is -2.21. The SMILES string of the molecule is CC1=Nc2c(c(=O)[nH]n2C(C)C)[C@H](c2cccc([N+](=O)[O-])c2)S1. The molecule has 120 valence electrons. The van der Waals surface area contributed by atoms with E-state index in [-0.39, 0.29) is 22.5 Å². The number of thioether (sulfide) groups is 1. The predicted octanol–water partition coefficient (Wildman–Crippen LogP) is 3.55. The minimum Gasteiger partial charge on any atom is -0.268 e. The van der Waals surface area contributed by atoms with Crippen molar-refractivity contribution in [3.63, 3.8) is 0 Å². The Morgan fingerprint density at radius 2 is 2.17 bits per heavy atom. The zero-order valence-electron chi connectivity index (χ0n) is 12.9. The minimum atomic E-state index is -0.428. The summed E-state index contributed by atoms with van der Waals surface area (Å²) < 4.78 is 1.74. The Morgan fingerprint density at radius 3 is 2.83 bits per heavy atom. The summed E-state index contributed by atoms with van der Waals surface area (Å²) in [5.41, 5.74) is 1.10. The minimum absolute atomic E-state index is 0.0181. The molecule has 0 spiro atoms. The molecule has 0 bridgehead atoms. The van der Waals surface area contributed by atoms with Gasteiger partial charge in [-0.05, 0) is 26.3 Å². The molecule has 1 atom stereocenters. The maximum atomic E-state index is 12.4. The summed E-state index contributed by atoms with van der Waals surface area (Å²) in [7, 11) is 0. The molecule has 1 aromatic heterocycles. The van der Waals surface area contributed by atoms with Gasteiger partial charge in [0.25, 0.3) is 11.2 Å². The van der Waals surface area contributed by atoms with Crippen LogP contribution in [-0.2, 0) is 0 Å². The van der Waals surface area contributed by atoms with Crippen LogP contribution in [0.3, 0.4) is 0 Å². The van der Waals surface area contributed by atoms with E-state index in [1.165, 1.54) is 23.9 Å². The molecule has 8 heteroatoms. The number of nitro groups is 1. The van der Waals surface area contributed by atoms with Crippen molar-refractivity contribution in [1.82, 2.24) is 9.78 Å². The average Bonchev–Trinajstić information content (AvgIpc) is 2.83. The van der Waals surface area contributed by atoms with Crippen LogP contribution in [0.4, 0.5) is 11.5 Å². The molecule has 0 saturated heterocycles. The fraction of sp³-hybridized carbons (Fsp3) is 0.333. The molecule has 2 aromatic rings. The van der Waals surface area contributed by atoms with Gasteiger partial charge in [-0.2, -0.15) is 0 Å². The lowest BCUT2D eigenvalue weighted by Crippen LogP contribution is -2.13. The second-order valence-corrected chi connectivity index (χ2v) is 6.92. The Bertz CT molecular complexity index is 866. The number of rotatable bonds is 3. The molecule has 1 aromatic carbocycles. The lowest BCUT2D eigenvalue weighted by atomic mass is 10.1. The number of nitro benzene ring substituents is 1. The number of benzene rings is 1. The van der Waals surface area contributed by atoms with Gasteiger partial charge in [0.1, 0.15) is 0 Å². The summed E-state index contributed by atoms with van der Waals surface area (Å²) in [6.45, 7) is 5.80. The van der Waals surface area contributed by atoms with Crippen molar-refractivity contribution in [1.29, 1.82) is 0 Å². The Kier molecular flexibility index (Phi) is 3.85. The van der Waals surface area contributed by atoms with Gasteiger partial charge >= 0.3 is 0 Å². The Balaban J connectivity index is 2.18. The fourth-order valence-corrected chi connectivity index (χ4v) is 3.71. The second-order valence-electron chi connectivity index (χ2n) is 5.62. The topological polar surface area (TPSA) is 93.3 Å². The van der Waals surface area contributed by atoms with Crippen molar-refractivity contribution in [2.24, 2.45) is 4.99 Å². The van der Waals surface area contributed by atoms with E-state index in [2.05, 4.69) is 10.1 Å². The van der Waals surface area contributed by atoms with Gasteiger partial charge in [0.2, 0.25) is 0 Å². The van der Waals surface area contributed by atoms with E-state index >= 15 is 0 Å². The van der Waals surface area contributed by atoms with Crippen molar-refractivity contribution in [3.05, 3.63) is 55.9 Å². The maximum absolute atomic E-state index is 12.4. The molecule has 1 N–H and O–H groups in total. The van der Waals surface area contributed by atoms with E-state index in [0.717, 1.165) is 10.6 Å². The number of fused-ring (bicyclic) bond motifs is 1. The molecule has 0 aliphatic carbocycles. The first-order valence-corrected chi connectivity index (χ1v) is 8.07. The third kappa shape index (κ3) is 2.70. The van der Waals surface area contributed by atoms with Crippen molar-refractivity contribution in [2.45, 2.75) is 32.1 Å². The van der Waals surface area contributed by atoms with Crippen LogP contribution >= 0.6 is 11.8 Å². The largest absolute Gasteiger partial charge is 0.271 e. The predicted molar refractivity (Wildman–Crippen MR) is 90.7 cm³/mol. The third-order valence-electron chi connectivity index (χ3n) is 3.65. The standard InChI is InChI=1S/C15H16N4O3S/c1-8(2)18-14-12(15(20)17-18)13(23-9(3)16-14)10-5-4-6-11(7-10)19(21)22/h4-8,13H,1-3H3,(H,17,20)/t13-/m0/s1. The molecule has 0 radical (unpaired) electrons. The highest BCUT2D eigenvalue weighted by molar-refractivity contribution is 8.14. The first-order valence-electron chi connectivity index (χ1n) is 7.19. The molecule has 2 heterocycles. The van der Waals surface area contributed by atoms with Crippen molar-refractivity contribution >= 4 is 28.3 Å². The summed E-state index contributed by atoms with van der Waals surface area (Å²) in [5.74, 6) is 0.609. The number of nitrogens with one attached hydrogen (secondary N) is 1. The summed E-state index contributed by atoms with van der Waals surface area (Å²) >= 11 is 1.44. The van der Waals surface area contributed by atoms with Crippen molar-refractivity contribution in [3.8, 4) is 0 Å². The van der Waals surface area contributed by atoms with E-state index < -0.39 is 4.92 Å². The summed E-state index contributed by atoms with van der Waals surface area (Å²) in [6.07, 6.45) is 0. The van der Waals surface area contributed by atoms with Crippen molar-refractivity contribution in [2.75, 3.05) is 0 Å². The number of nitrogens with zero attached hydrogens (tertiary/aromatic N) is 3. The molecule has 3 rings (SSSR count). The van der Waals surface area contributed by atoms with E-state index in [0.29, 0.717) is 11.4 Å². The molecule has 0 saturated carbocycles. The highest BCUT2D eigenvalue weighted by Crippen LogP contribution is 2.44. The zero-order chi connectivity index (χ0) is 16.7. The number of aromatic nitrogens is 2. The van der Waals surface area contributed by atoms with Crippen LogP contribution in [0.5, 0.6) is 0 Å². The number of aromatic amines is 1. The van der Waals surface area contributed by atoms with Gasteiger partial charge in [-0.25, -0.2) is 4.99 Å². The molecule has 0 fully saturated rings. The Hall–Kier alpha value is -2.35. The maximum Gasteiger partial charge on any atom is 0.271 e. The number of aliphatic imine (C=N–C) groups is 1. The summed E-state index contributed by atoms with van der Waals surface area (Å²) in [6, 6.07) is 6.48. The number of H-pyrrole nitrogens is 1. The van der Waals surface area contributed by atoms with Crippen LogP contribution < -0.4 is 5.56 Å². The van der Waals surface area contributed by atoms with Crippen molar-refractivity contribution < 1.29 is 4.92 Å². The smallest absolute Gasteiger partial charge is 0.268 e. The fourth-order valence-electron chi connectivity index (χ4n) is 2.62. The third-order valence-corrected chi connectivity index (χ3v) is 4.83. The average molecular weight is 332 g/mol. The molecule has 0 amide bonds. The normalized spacial score (nSPS) is 17.0. The van der Waals surface area contributed by atoms with Crippen LogP contribution in [0.1, 0.15) is 43.2 Å². The van der Waals surface area contributed by atoms with Crippen LogP contribution in [0.25, 0.3) is 0 Å². The van der Waals surface area contributed by atoms with Gasteiger partial charge in [0, 0.05) is 18.2 Å². The molecular formula is C15H16N4O3S. The number of hydrogen-bond acceptors (Lipinski definition) is 5. The highest BCUT2D eigenvalue weighted by atomic mass is 32.2. The van der Waals surface area contributed by atoms with Gasteiger partial charge in [0.05, 0.1) is 20.8 Å². The molecule has 1 aliphatic rings. The van der Waals surface area contributed by atoms with Crippen LogP contribution in [0, 0.1) is 10.1 Å². The molecule has 1 aliphatic heterocycles. The van der Waals surface area contributed by atoms with Gasteiger partial charge in [-0.3, -0.25) is 24.7 Å². The second kappa shape index (κ2) is 5.69. The molecular weight excluding hydrogens is 316 g/mol. The van der Waals surface area contributed by atoms with E-state index in [4.69, 9.17) is 0 Å². The van der Waals surface area contributed by atoms with Crippen LogP contribution in [-0.4, -0.2) is 19.7 Å². The highest BCUT2D eigenvalue weighted by Gasteiger charge is 2.31. The van der Waals surface area contributed by atoms with Crippen LogP contribution in [0.2, 0.25) is 0 Å².